The zero-order chi connectivity index (χ0) is 18.7. The summed E-state index contributed by atoms with van der Waals surface area (Å²) in [5, 5.41) is 3.05. The molecular formula is C21H23FN2O2. The maximum Gasteiger partial charge on any atom is 0.229 e. The van der Waals surface area contributed by atoms with E-state index in [1.54, 1.807) is 17.0 Å². The molecule has 1 aliphatic rings. The normalized spacial score (nSPS) is 16.8. The zero-order valence-electron chi connectivity index (χ0n) is 15.1. The summed E-state index contributed by atoms with van der Waals surface area (Å²) in [5.41, 5.74) is 3.68. The van der Waals surface area contributed by atoms with Gasteiger partial charge in [0, 0.05) is 24.3 Å². The van der Waals surface area contributed by atoms with Crippen molar-refractivity contribution in [3.63, 3.8) is 0 Å². The second-order valence-electron chi connectivity index (χ2n) is 6.53. The van der Waals surface area contributed by atoms with E-state index >= 15 is 0 Å². The van der Waals surface area contributed by atoms with Crippen LogP contribution in [-0.2, 0) is 22.4 Å². The Balaban J connectivity index is 1.76. The van der Waals surface area contributed by atoms with Gasteiger partial charge in [-0.15, -0.1) is 0 Å². The van der Waals surface area contributed by atoms with Gasteiger partial charge in [0.15, 0.2) is 0 Å². The number of carbonyl (C=O) groups excluding carboxylic acids is 2. The summed E-state index contributed by atoms with van der Waals surface area (Å²) in [6.45, 7) is 4.42. The number of aryl methyl sites for hydroxylation is 2. The minimum Gasteiger partial charge on any atom is -0.325 e. The summed E-state index contributed by atoms with van der Waals surface area (Å²) >= 11 is 0. The highest BCUT2D eigenvalue weighted by Crippen LogP contribution is 2.28. The zero-order valence-corrected chi connectivity index (χ0v) is 15.1. The molecule has 1 N–H and O–H groups in total. The highest BCUT2D eigenvalue weighted by atomic mass is 19.1. The van der Waals surface area contributed by atoms with Gasteiger partial charge in [-0.05, 0) is 48.2 Å². The second kappa shape index (κ2) is 7.68. The van der Waals surface area contributed by atoms with E-state index in [9.17, 15) is 14.0 Å². The summed E-state index contributed by atoms with van der Waals surface area (Å²) in [6.07, 6.45) is 1.82. The van der Waals surface area contributed by atoms with Gasteiger partial charge in [0.1, 0.15) is 5.82 Å². The monoisotopic (exact) mass is 354 g/mol. The first-order valence-corrected chi connectivity index (χ1v) is 9.01. The molecule has 26 heavy (non-hydrogen) atoms. The number of amides is 2. The van der Waals surface area contributed by atoms with E-state index in [-0.39, 0.29) is 24.1 Å². The molecule has 0 saturated carbocycles. The van der Waals surface area contributed by atoms with Gasteiger partial charge in [-0.25, -0.2) is 4.39 Å². The highest BCUT2D eigenvalue weighted by molar-refractivity contribution is 6.04. The molecular weight excluding hydrogens is 331 g/mol. The molecule has 2 amide bonds. The summed E-state index contributed by atoms with van der Waals surface area (Å²) in [5.74, 6) is -1.02. The van der Waals surface area contributed by atoms with Crippen LogP contribution < -0.4 is 10.2 Å². The first kappa shape index (κ1) is 18.1. The summed E-state index contributed by atoms with van der Waals surface area (Å²) in [4.78, 5) is 26.7. The molecule has 5 heteroatoms. The minimum absolute atomic E-state index is 0.115. The molecule has 0 spiro atoms. The number of rotatable bonds is 5. The van der Waals surface area contributed by atoms with E-state index in [0.717, 1.165) is 29.7 Å². The van der Waals surface area contributed by atoms with E-state index in [0.29, 0.717) is 12.2 Å². The van der Waals surface area contributed by atoms with Crippen LogP contribution in [0.5, 0.6) is 0 Å². The summed E-state index contributed by atoms with van der Waals surface area (Å²) < 4.78 is 13.1. The van der Waals surface area contributed by atoms with Gasteiger partial charge in [0.05, 0.1) is 5.92 Å². The predicted molar refractivity (Wildman–Crippen MR) is 101 cm³/mol. The van der Waals surface area contributed by atoms with Crippen LogP contribution in [0, 0.1) is 11.7 Å². The lowest BCUT2D eigenvalue weighted by Crippen LogP contribution is -2.28. The molecule has 0 unspecified atom stereocenters. The van der Waals surface area contributed by atoms with Crippen molar-refractivity contribution in [1.29, 1.82) is 0 Å². The van der Waals surface area contributed by atoms with Crippen LogP contribution >= 0.6 is 0 Å². The van der Waals surface area contributed by atoms with Crippen molar-refractivity contribution < 1.29 is 14.0 Å². The maximum absolute atomic E-state index is 13.1. The lowest BCUT2D eigenvalue weighted by molar-refractivity contribution is -0.122. The smallest absolute Gasteiger partial charge is 0.229 e. The third-order valence-electron chi connectivity index (χ3n) is 4.88. The molecule has 136 valence electrons. The quantitative estimate of drug-likeness (QED) is 0.884. The number of anilines is 2. The fraction of sp³-hybridized carbons (Fsp3) is 0.333. The largest absolute Gasteiger partial charge is 0.325 e. The van der Waals surface area contributed by atoms with Crippen molar-refractivity contribution in [2.24, 2.45) is 5.92 Å². The highest BCUT2D eigenvalue weighted by Gasteiger charge is 2.35. The second-order valence-corrected chi connectivity index (χ2v) is 6.53. The first-order valence-electron chi connectivity index (χ1n) is 9.01. The van der Waals surface area contributed by atoms with Crippen molar-refractivity contribution in [2.45, 2.75) is 33.1 Å². The molecule has 4 nitrogen and oxygen atoms in total. The third kappa shape index (κ3) is 3.62. The first-order chi connectivity index (χ1) is 12.5. The minimum atomic E-state index is -0.415. The van der Waals surface area contributed by atoms with E-state index in [2.05, 4.69) is 19.2 Å². The van der Waals surface area contributed by atoms with Crippen molar-refractivity contribution in [3.8, 4) is 0 Å². The molecule has 0 aromatic heterocycles. The van der Waals surface area contributed by atoms with Crippen molar-refractivity contribution in [1.82, 2.24) is 0 Å². The molecule has 0 radical (unpaired) electrons. The standard InChI is InChI=1S/C21H23FN2O2/c1-3-14-6-5-7-15(4-2)20(14)23-21(26)16-12-19(25)24(13-16)18-10-8-17(22)9-11-18/h5-11,16H,3-4,12-13H2,1-2H3,(H,23,26)/t16-/m0/s1. The van der Waals surface area contributed by atoms with Gasteiger partial charge < -0.3 is 10.2 Å². The van der Waals surface area contributed by atoms with Crippen molar-refractivity contribution in [2.75, 3.05) is 16.8 Å². The summed E-state index contributed by atoms with van der Waals surface area (Å²) in [6, 6.07) is 11.8. The number of carbonyl (C=O) groups is 2. The van der Waals surface area contributed by atoms with Crippen molar-refractivity contribution >= 4 is 23.2 Å². The molecule has 1 fully saturated rings. The molecule has 0 aliphatic carbocycles. The SMILES string of the molecule is CCc1cccc(CC)c1NC(=O)[C@H]1CC(=O)N(c2ccc(F)cc2)C1. The third-order valence-corrected chi connectivity index (χ3v) is 4.88. The number of nitrogens with zero attached hydrogens (tertiary/aromatic N) is 1. The van der Waals surface area contributed by atoms with Crippen LogP contribution in [0.1, 0.15) is 31.4 Å². The van der Waals surface area contributed by atoms with Gasteiger partial charge >= 0.3 is 0 Å². The molecule has 0 bridgehead atoms. The maximum atomic E-state index is 13.1. The Morgan fingerprint density at radius 3 is 2.31 bits per heavy atom. The Morgan fingerprint density at radius 1 is 1.12 bits per heavy atom. The fourth-order valence-electron chi connectivity index (χ4n) is 3.38. The number of nitrogens with one attached hydrogen (secondary N) is 1. The Morgan fingerprint density at radius 2 is 1.73 bits per heavy atom. The van der Waals surface area contributed by atoms with Gasteiger partial charge in [-0.3, -0.25) is 9.59 Å². The van der Waals surface area contributed by atoms with Crippen LogP contribution in [0.4, 0.5) is 15.8 Å². The van der Waals surface area contributed by atoms with E-state index < -0.39 is 5.92 Å². The molecule has 2 aromatic rings. The van der Waals surface area contributed by atoms with Crippen LogP contribution in [0.15, 0.2) is 42.5 Å². The molecule has 2 aromatic carbocycles. The number of benzene rings is 2. The lowest BCUT2D eigenvalue weighted by Gasteiger charge is -2.18. The number of halogens is 1. The average Bonchev–Trinajstić information content (AvgIpc) is 3.04. The number of para-hydroxylation sites is 1. The Hall–Kier alpha value is -2.69. The topological polar surface area (TPSA) is 49.4 Å². The lowest BCUT2D eigenvalue weighted by atomic mass is 10.0. The van der Waals surface area contributed by atoms with Gasteiger partial charge in [0.25, 0.3) is 0 Å². The van der Waals surface area contributed by atoms with Gasteiger partial charge in [-0.1, -0.05) is 32.0 Å². The number of hydrogen-bond donors (Lipinski definition) is 1. The summed E-state index contributed by atoms with van der Waals surface area (Å²) in [7, 11) is 0. The van der Waals surface area contributed by atoms with Crippen LogP contribution in [0.3, 0.4) is 0 Å². The van der Waals surface area contributed by atoms with Crippen molar-refractivity contribution in [3.05, 3.63) is 59.4 Å². The molecule has 1 atom stereocenters. The van der Waals surface area contributed by atoms with Crippen LogP contribution in [0.2, 0.25) is 0 Å². The van der Waals surface area contributed by atoms with Gasteiger partial charge in [0.2, 0.25) is 11.8 Å². The number of hydrogen-bond acceptors (Lipinski definition) is 2. The average molecular weight is 354 g/mol. The fourth-order valence-corrected chi connectivity index (χ4v) is 3.38. The molecule has 3 rings (SSSR count). The van der Waals surface area contributed by atoms with E-state index in [1.807, 2.05) is 18.2 Å². The molecule has 1 saturated heterocycles. The predicted octanol–water partition coefficient (Wildman–Crippen LogP) is 3.94. The van der Waals surface area contributed by atoms with Crippen LogP contribution in [-0.4, -0.2) is 18.4 Å². The van der Waals surface area contributed by atoms with Crippen LogP contribution in [0.25, 0.3) is 0 Å². The van der Waals surface area contributed by atoms with Gasteiger partial charge in [-0.2, -0.15) is 0 Å². The molecule has 1 heterocycles. The Labute approximate surface area is 153 Å². The molecule has 1 aliphatic heterocycles. The van der Waals surface area contributed by atoms with E-state index in [4.69, 9.17) is 0 Å². The Kier molecular flexibility index (Phi) is 5.35. The van der Waals surface area contributed by atoms with E-state index in [1.165, 1.54) is 12.1 Å². The Bertz CT molecular complexity index is 795.